The molecule has 0 bridgehead atoms. The molecule has 5 heteroatoms. The van der Waals surface area contributed by atoms with E-state index in [0.29, 0.717) is 6.61 Å². The first-order chi connectivity index (χ1) is 10.4. The van der Waals surface area contributed by atoms with Gasteiger partial charge in [-0.1, -0.05) is 6.07 Å². The molecular formula is C16H19N3OS. The molecule has 0 saturated heterocycles. The molecule has 21 heavy (non-hydrogen) atoms. The number of benzene rings is 1. The SMILES string of the molecule is COCCn1ccnc1CNCc1ccc2sccc2c1. The largest absolute Gasteiger partial charge is 0.383 e. The quantitative estimate of drug-likeness (QED) is 0.729. The maximum absolute atomic E-state index is 5.11. The Morgan fingerprint density at radius 1 is 1.29 bits per heavy atom. The van der Waals surface area contributed by atoms with Crippen molar-refractivity contribution in [3.05, 3.63) is 53.4 Å². The number of thiophene rings is 1. The van der Waals surface area contributed by atoms with Crippen molar-refractivity contribution in [3.63, 3.8) is 0 Å². The molecule has 3 rings (SSSR count). The number of ether oxygens (including phenoxy) is 1. The van der Waals surface area contributed by atoms with Crippen LogP contribution in [0.3, 0.4) is 0 Å². The van der Waals surface area contributed by atoms with E-state index in [1.807, 2.05) is 12.4 Å². The Morgan fingerprint density at radius 2 is 2.24 bits per heavy atom. The van der Waals surface area contributed by atoms with Gasteiger partial charge in [-0.05, 0) is 34.5 Å². The molecule has 0 saturated carbocycles. The minimum atomic E-state index is 0.707. The van der Waals surface area contributed by atoms with Crippen LogP contribution in [0, 0.1) is 0 Å². The fourth-order valence-corrected chi connectivity index (χ4v) is 3.12. The normalized spacial score (nSPS) is 11.3. The first-order valence-corrected chi connectivity index (χ1v) is 7.90. The minimum Gasteiger partial charge on any atom is -0.383 e. The van der Waals surface area contributed by atoms with E-state index in [1.54, 1.807) is 18.4 Å². The van der Waals surface area contributed by atoms with Gasteiger partial charge < -0.3 is 14.6 Å². The van der Waals surface area contributed by atoms with Gasteiger partial charge in [-0.25, -0.2) is 4.98 Å². The lowest BCUT2D eigenvalue weighted by Crippen LogP contribution is -2.17. The van der Waals surface area contributed by atoms with Crippen LogP contribution >= 0.6 is 11.3 Å². The average Bonchev–Trinajstić information content (AvgIpc) is 3.13. The summed E-state index contributed by atoms with van der Waals surface area (Å²) in [6.45, 7) is 3.16. The first-order valence-electron chi connectivity index (χ1n) is 7.02. The molecule has 4 nitrogen and oxygen atoms in total. The van der Waals surface area contributed by atoms with Crippen molar-refractivity contribution in [2.75, 3.05) is 13.7 Å². The third kappa shape index (κ3) is 3.50. The van der Waals surface area contributed by atoms with Crippen LogP contribution in [0.15, 0.2) is 42.0 Å². The van der Waals surface area contributed by atoms with E-state index in [2.05, 4.69) is 44.5 Å². The third-order valence-corrected chi connectivity index (χ3v) is 4.36. The molecule has 0 atom stereocenters. The molecule has 2 aromatic heterocycles. The number of nitrogens with zero attached hydrogens (tertiary/aromatic N) is 2. The second-order valence-corrected chi connectivity index (χ2v) is 5.87. The first kappa shape index (κ1) is 14.3. The highest BCUT2D eigenvalue weighted by Gasteiger charge is 2.03. The summed E-state index contributed by atoms with van der Waals surface area (Å²) >= 11 is 1.78. The Kier molecular flexibility index (Phi) is 4.65. The summed E-state index contributed by atoms with van der Waals surface area (Å²) in [5, 5.41) is 6.91. The third-order valence-electron chi connectivity index (χ3n) is 3.47. The van der Waals surface area contributed by atoms with Crippen LogP contribution in [-0.4, -0.2) is 23.3 Å². The Bertz CT molecular complexity index is 704. The fraction of sp³-hybridized carbons (Fsp3) is 0.312. The lowest BCUT2D eigenvalue weighted by Gasteiger charge is -2.08. The van der Waals surface area contributed by atoms with E-state index in [1.165, 1.54) is 15.6 Å². The fourth-order valence-electron chi connectivity index (χ4n) is 2.35. The molecule has 0 aliphatic rings. The Hall–Kier alpha value is -1.69. The minimum absolute atomic E-state index is 0.707. The number of nitrogens with one attached hydrogen (secondary N) is 1. The van der Waals surface area contributed by atoms with Gasteiger partial charge in [0.15, 0.2) is 0 Å². The van der Waals surface area contributed by atoms with Crippen LogP contribution in [0.5, 0.6) is 0 Å². The van der Waals surface area contributed by atoms with Gasteiger partial charge in [-0.3, -0.25) is 0 Å². The molecule has 0 aliphatic heterocycles. The van der Waals surface area contributed by atoms with Crippen molar-refractivity contribution in [3.8, 4) is 0 Å². The van der Waals surface area contributed by atoms with E-state index in [-0.39, 0.29) is 0 Å². The second kappa shape index (κ2) is 6.85. The molecule has 0 radical (unpaired) electrons. The molecule has 0 aliphatic carbocycles. The van der Waals surface area contributed by atoms with Crippen LogP contribution in [0.2, 0.25) is 0 Å². The molecule has 0 spiro atoms. The van der Waals surface area contributed by atoms with Gasteiger partial charge in [0.25, 0.3) is 0 Å². The predicted molar refractivity (Wildman–Crippen MR) is 86.5 cm³/mol. The van der Waals surface area contributed by atoms with E-state index < -0.39 is 0 Å². The maximum Gasteiger partial charge on any atom is 0.122 e. The van der Waals surface area contributed by atoms with Crippen LogP contribution in [-0.2, 0) is 24.4 Å². The Labute approximate surface area is 128 Å². The summed E-state index contributed by atoms with van der Waals surface area (Å²) in [7, 11) is 1.72. The van der Waals surface area contributed by atoms with E-state index >= 15 is 0 Å². The van der Waals surface area contributed by atoms with Gasteiger partial charge in [-0.2, -0.15) is 0 Å². The van der Waals surface area contributed by atoms with Gasteiger partial charge in [0, 0.05) is 37.3 Å². The topological polar surface area (TPSA) is 39.1 Å². The van der Waals surface area contributed by atoms with Crippen molar-refractivity contribution in [2.45, 2.75) is 19.6 Å². The predicted octanol–water partition coefficient (Wildman–Crippen LogP) is 3.03. The van der Waals surface area contributed by atoms with Crippen LogP contribution < -0.4 is 5.32 Å². The van der Waals surface area contributed by atoms with Crippen molar-refractivity contribution in [1.29, 1.82) is 0 Å². The molecule has 1 N–H and O–H groups in total. The summed E-state index contributed by atoms with van der Waals surface area (Å²) in [5.41, 5.74) is 1.30. The molecular weight excluding hydrogens is 282 g/mol. The van der Waals surface area contributed by atoms with Crippen LogP contribution in [0.4, 0.5) is 0 Å². The van der Waals surface area contributed by atoms with E-state index in [9.17, 15) is 0 Å². The highest BCUT2D eigenvalue weighted by molar-refractivity contribution is 7.17. The standard InChI is InChI=1S/C16H19N3OS/c1-20-8-7-19-6-5-18-16(19)12-17-11-13-2-3-15-14(10-13)4-9-21-15/h2-6,9-10,17H,7-8,11-12H2,1H3. The molecule has 0 unspecified atom stereocenters. The van der Waals surface area contributed by atoms with Gasteiger partial charge in [-0.15, -0.1) is 11.3 Å². The van der Waals surface area contributed by atoms with Crippen molar-refractivity contribution >= 4 is 21.4 Å². The number of rotatable bonds is 7. The maximum atomic E-state index is 5.11. The zero-order chi connectivity index (χ0) is 14.5. The number of aromatic nitrogens is 2. The lowest BCUT2D eigenvalue weighted by atomic mass is 10.2. The molecule has 2 heterocycles. The zero-order valence-corrected chi connectivity index (χ0v) is 12.9. The smallest absolute Gasteiger partial charge is 0.122 e. The molecule has 3 aromatic rings. The van der Waals surface area contributed by atoms with Gasteiger partial charge in [0.2, 0.25) is 0 Å². The van der Waals surface area contributed by atoms with Gasteiger partial charge >= 0.3 is 0 Å². The highest BCUT2D eigenvalue weighted by Crippen LogP contribution is 2.21. The number of hydrogen-bond donors (Lipinski definition) is 1. The van der Waals surface area contributed by atoms with Gasteiger partial charge in [0.05, 0.1) is 13.2 Å². The molecule has 1 aromatic carbocycles. The van der Waals surface area contributed by atoms with Crippen molar-refractivity contribution in [1.82, 2.24) is 14.9 Å². The number of fused-ring (bicyclic) bond motifs is 1. The summed E-state index contributed by atoms with van der Waals surface area (Å²) in [6, 6.07) is 8.79. The second-order valence-electron chi connectivity index (χ2n) is 4.93. The van der Waals surface area contributed by atoms with Crippen LogP contribution in [0.1, 0.15) is 11.4 Å². The molecule has 0 amide bonds. The van der Waals surface area contributed by atoms with Crippen LogP contribution in [0.25, 0.3) is 10.1 Å². The number of hydrogen-bond acceptors (Lipinski definition) is 4. The van der Waals surface area contributed by atoms with Gasteiger partial charge in [0.1, 0.15) is 5.82 Å². The lowest BCUT2D eigenvalue weighted by molar-refractivity contribution is 0.186. The molecule has 0 fully saturated rings. The van der Waals surface area contributed by atoms with E-state index in [4.69, 9.17) is 4.74 Å². The zero-order valence-electron chi connectivity index (χ0n) is 12.1. The van der Waals surface area contributed by atoms with E-state index in [0.717, 1.165) is 25.5 Å². The Morgan fingerprint density at radius 3 is 3.14 bits per heavy atom. The summed E-state index contributed by atoms with van der Waals surface area (Å²) < 4.78 is 8.57. The summed E-state index contributed by atoms with van der Waals surface area (Å²) in [6.07, 6.45) is 3.83. The van der Waals surface area contributed by atoms with Crippen molar-refractivity contribution in [2.24, 2.45) is 0 Å². The molecule has 110 valence electrons. The Balaban J connectivity index is 1.57. The summed E-state index contributed by atoms with van der Waals surface area (Å²) in [5.74, 6) is 1.05. The van der Waals surface area contributed by atoms with Crippen molar-refractivity contribution < 1.29 is 4.74 Å². The highest BCUT2D eigenvalue weighted by atomic mass is 32.1. The number of imidazole rings is 1. The number of methoxy groups -OCH3 is 1. The monoisotopic (exact) mass is 301 g/mol. The summed E-state index contributed by atoms with van der Waals surface area (Å²) in [4.78, 5) is 4.39. The average molecular weight is 301 g/mol.